The van der Waals surface area contributed by atoms with Gasteiger partial charge in [0.05, 0.1) is 0 Å². The van der Waals surface area contributed by atoms with Gasteiger partial charge in [-0.3, -0.25) is 0 Å². The maximum atomic E-state index is 3.53. The van der Waals surface area contributed by atoms with Gasteiger partial charge < -0.3 is 5.32 Å². The summed E-state index contributed by atoms with van der Waals surface area (Å²) in [6.45, 7) is 7.16. The Morgan fingerprint density at radius 2 is 2.00 bits per heavy atom. The second-order valence-electron chi connectivity index (χ2n) is 4.71. The van der Waals surface area contributed by atoms with Gasteiger partial charge in [0, 0.05) is 0 Å². The first-order valence-electron chi connectivity index (χ1n) is 6.03. The van der Waals surface area contributed by atoms with Gasteiger partial charge in [0.15, 0.2) is 0 Å². The molecular formula is C12H25N. The molecule has 0 spiro atoms. The van der Waals surface area contributed by atoms with Gasteiger partial charge >= 0.3 is 0 Å². The number of nitrogens with one attached hydrogen (secondary N) is 1. The molecule has 0 aliphatic carbocycles. The Kier molecular flexibility index (Phi) is 5.45. The van der Waals surface area contributed by atoms with Crippen molar-refractivity contribution in [1.29, 1.82) is 0 Å². The summed E-state index contributed by atoms with van der Waals surface area (Å²) in [5.41, 5.74) is 0. The molecule has 0 amide bonds. The smallest absolute Gasteiger partial charge is 0.00203 e. The molecule has 2 atom stereocenters. The molecule has 1 aliphatic rings. The van der Waals surface area contributed by atoms with Gasteiger partial charge in [0.1, 0.15) is 0 Å². The molecule has 2 unspecified atom stereocenters. The average Bonchev–Trinajstić information content (AvgIpc) is 2.13. The van der Waals surface area contributed by atoms with Crippen molar-refractivity contribution in [3.63, 3.8) is 0 Å². The van der Waals surface area contributed by atoms with E-state index in [1.807, 2.05) is 0 Å². The highest BCUT2D eigenvalue weighted by Crippen LogP contribution is 2.21. The van der Waals surface area contributed by atoms with E-state index in [1.54, 1.807) is 0 Å². The fraction of sp³-hybridized carbons (Fsp3) is 1.00. The molecule has 0 aromatic rings. The molecule has 0 aromatic heterocycles. The van der Waals surface area contributed by atoms with Gasteiger partial charge in [-0.05, 0) is 37.8 Å². The maximum absolute atomic E-state index is 3.53. The SMILES string of the molecule is CCCCCCC1CNCC(C)C1. The normalized spacial score (nSPS) is 29.1. The third-order valence-corrected chi connectivity index (χ3v) is 3.13. The van der Waals surface area contributed by atoms with E-state index >= 15 is 0 Å². The Morgan fingerprint density at radius 3 is 2.69 bits per heavy atom. The van der Waals surface area contributed by atoms with Crippen molar-refractivity contribution >= 4 is 0 Å². The number of hydrogen-bond acceptors (Lipinski definition) is 1. The quantitative estimate of drug-likeness (QED) is 0.645. The van der Waals surface area contributed by atoms with Crippen molar-refractivity contribution < 1.29 is 0 Å². The largest absolute Gasteiger partial charge is 0.316 e. The predicted octanol–water partition coefficient (Wildman–Crippen LogP) is 3.20. The molecule has 1 nitrogen and oxygen atoms in total. The van der Waals surface area contributed by atoms with Gasteiger partial charge in [-0.2, -0.15) is 0 Å². The number of unbranched alkanes of at least 4 members (excludes halogenated alkanes) is 3. The van der Waals surface area contributed by atoms with Crippen molar-refractivity contribution in [1.82, 2.24) is 5.32 Å². The van der Waals surface area contributed by atoms with Crippen LogP contribution in [0.5, 0.6) is 0 Å². The van der Waals surface area contributed by atoms with E-state index in [-0.39, 0.29) is 0 Å². The van der Waals surface area contributed by atoms with Crippen LogP contribution in [0, 0.1) is 11.8 Å². The van der Waals surface area contributed by atoms with E-state index in [0.717, 1.165) is 11.8 Å². The van der Waals surface area contributed by atoms with Crippen molar-refractivity contribution in [2.75, 3.05) is 13.1 Å². The summed E-state index contributed by atoms with van der Waals surface area (Å²) in [4.78, 5) is 0. The van der Waals surface area contributed by atoms with Crippen LogP contribution in [-0.4, -0.2) is 13.1 Å². The lowest BCUT2D eigenvalue weighted by Crippen LogP contribution is -2.34. The van der Waals surface area contributed by atoms with Crippen LogP contribution in [0.4, 0.5) is 0 Å². The van der Waals surface area contributed by atoms with E-state index in [1.165, 1.54) is 51.6 Å². The topological polar surface area (TPSA) is 12.0 Å². The van der Waals surface area contributed by atoms with Crippen LogP contribution >= 0.6 is 0 Å². The first-order chi connectivity index (χ1) is 6.33. The molecule has 1 N–H and O–H groups in total. The van der Waals surface area contributed by atoms with E-state index in [0.29, 0.717) is 0 Å². The highest BCUT2D eigenvalue weighted by molar-refractivity contribution is 4.73. The molecule has 1 fully saturated rings. The third kappa shape index (κ3) is 4.66. The lowest BCUT2D eigenvalue weighted by molar-refractivity contribution is 0.283. The zero-order chi connectivity index (χ0) is 9.52. The van der Waals surface area contributed by atoms with Gasteiger partial charge in [0.25, 0.3) is 0 Å². The summed E-state index contributed by atoms with van der Waals surface area (Å²) in [6.07, 6.45) is 8.60. The molecule has 0 radical (unpaired) electrons. The molecule has 1 heteroatoms. The summed E-state index contributed by atoms with van der Waals surface area (Å²) in [7, 11) is 0. The summed E-state index contributed by atoms with van der Waals surface area (Å²) in [5.74, 6) is 1.88. The Labute approximate surface area is 83.3 Å². The van der Waals surface area contributed by atoms with Crippen molar-refractivity contribution in [2.24, 2.45) is 11.8 Å². The van der Waals surface area contributed by atoms with Crippen LogP contribution in [0.2, 0.25) is 0 Å². The van der Waals surface area contributed by atoms with Crippen molar-refractivity contribution in [2.45, 2.75) is 52.4 Å². The summed E-state index contributed by atoms with van der Waals surface area (Å²) >= 11 is 0. The lowest BCUT2D eigenvalue weighted by Gasteiger charge is -2.27. The molecule has 1 aliphatic heterocycles. The van der Waals surface area contributed by atoms with Gasteiger partial charge in [-0.15, -0.1) is 0 Å². The zero-order valence-electron chi connectivity index (χ0n) is 9.31. The third-order valence-electron chi connectivity index (χ3n) is 3.13. The molecule has 1 rings (SSSR count). The Bertz CT molecular complexity index is 122. The first-order valence-corrected chi connectivity index (χ1v) is 6.03. The number of hydrogen-bond donors (Lipinski definition) is 1. The van der Waals surface area contributed by atoms with Crippen molar-refractivity contribution in [3.05, 3.63) is 0 Å². The molecule has 78 valence electrons. The number of rotatable bonds is 5. The molecule has 0 aromatic carbocycles. The fourth-order valence-corrected chi connectivity index (χ4v) is 2.35. The average molecular weight is 183 g/mol. The van der Waals surface area contributed by atoms with E-state index in [2.05, 4.69) is 19.2 Å². The van der Waals surface area contributed by atoms with E-state index < -0.39 is 0 Å². The first kappa shape index (κ1) is 11.0. The predicted molar refractivity (Wildman–Crippen MR) is 58.9 cm³/mol. The van der Waals surface area contributed by atoms with E-state index in [9.17, 15) is 0 Å². The van der Waals surface area contributed by atoms with Crippen molar-refractivity contribution in [3.8, 4) is 0 Å². The van der Waals surface area contributed by atoms with Gasteiger partial charge in [-0.25, -0.2) is 0 Å². The molecule has 1 saturated heterocycles. The number of piperidine rings is 1. The summed E-state index contributed by atoms with van der Waals surface area (Å²) in [6, 6.07) is 0. The van der Waals surface area contributed by atoms with Crippen LogP contribution in [0.1, 0.15) is 52.4 Å². The van der Waals surface area contributed by atoms with Gasteiger partial charge in [-0.1, -0.05) is 39.5 Å². The van der Waals surface area contributed by atoms with Crippen LogP contribution in [0.25, 0.3) is 0 Å². The zero-order valence-corrected chi connectivity index (χ0v) is 9.31. The highest BCUT2D eigenvalue weighted by atomic mass is 14.9. The van der Waals surface area contributed by atoms with Crippen LogP contribution in [0.15, 0.2) is 0 Å². The molecule has 13 heavy (non-hydrogen) atoms. The molecular weight excluding hydrogens is 158 g/mol. The second-order valence-corrected chi connectivity index (χ2v) is 4.71. The highest BCUT2D eigenvalue weighted by Gasteiger charge is 2.17. The van der Waals surface area contributed by atoms with Crippen LogP contribution in [-0.2, 0) is 0 Å². The standard InChI is InChI=1S/C12H25N/c1-3-4-5-6-7-12-8-11(2)9-13-10-12/h11-13H,3-10H2,1-2H3. The Hall–Kier alpha value is -0.0400. The summed E-state index contributed by atoms with van der Waals surface area (Å²) in [5, 5.41) is 3.53. The van der Waals surface area contributed by atoms with Crippen LogP contribution < -0.4 is 5.32 Å². The minimum absolute atomic E-state index is 0.907. The monoisotopic (exact) mass is 183 g/mol. The Morgan fingerprint density at radius 1 is 1.15 bits per heavy atom. The Balaban J connectivity index is 2.00. The molecule has 0 bridgehead atoms. The fourth-order valence-electron chi connectivity index (χ4n) is 2.35. The molecule has 0 saturated carbocycles. The second kappa shape index (κ2) is 6.42. The van der Waals surface area contributed by atoms with Crippen LogP contribution in [0.3, 0.4) is 0 Å². The van der Waals surface area contributed by atoms with E-state index in [4.69, 9.17) is 0 Å². The van der Waals surface area contributed by atoms with Gasteiger partial charge in [0.2, 0.25) is 0 Å². The minimum Gasteiger partial charge on any atom is -0.316 e. The minimum atomic E-state index is 0.907. The lowest BCUT2D eigenvalue weighted by atomic mass is 9.88. The summed E-state index contributed by atoms with van der Waals surface area (Å²) < 4.78 is 0. The molecule has 1 heterocycles. The maximum Gasteiger partial charge on any atom is -0.00203 e.